The summed E-state index contributed by atoms with van der Waals surface area (Å²) in [6.07, 6.45) is 0. The second-order valence-corrected chi connectivity index (χ2v) is 5.83. The van der Waals surface area contributed by atoms with Gasteiger partial charge in [0.15, 0.2) is 0 Å². The highest BCUT2D eigenvalue weighted by Crippen LogP contribution is 2.34. The van der Waals surface area contributed by atoms with Crippen LogP contribution in [0.1, 0.15) is 5.56 Å². The smallest absolute Gasteiger partial charge is 0.258 e. The summed E-state index contributed by atoms with van der Waals surface area (Å²) in [7, 11) is 0. The van der Waals surface area contributed by atoms with Gasteiger partial charge in [-0.2, -0.15) is 0 Å². The number of nitrogens with zero attached hydrogens (tertiary/aromatic N) is 2. The van der Waals surface area contributed by atoms with E-state index in [1.54, 1.807) is 12.1 Å². The molecule has 0 radical (unpaired) electrons. The molecule has 0 N–H and O–H groups in total. The minimum Gasteiger partial charge on any atom is -0.258 e. The number of benzene rings is 3. The van der Waals surface area contributed by atoms with Crippen LogP contribution in [0.2, 0.25) is 0 Å². The summed E-state index contributed by atoms with van der Waals surface area (Å²) in [5, 5.41) is 14.0. The lowest BCUT2D eigenvalue weighted by atomic mass is 9.99. The van der Waals surface area contributed by atoms with Crippen molar-refractivity contribution >= 4 is 27.4 Å². The zero-order valence-electron chi connectivity index (χ0n) is 13.1. The van der Waals surface area contributed by atoms with Crippen molar-refractivity contribution < 1.29 is 4.92 Å². The highest BCUT2D eigenvalue weighted by molar-refractivity contribution is 6.11. The van der Waals surface area contributed by atoms with Gasteiger partial charge in [-0.25, -0.2) is 4.98 Å². The minimum absolute atomic E-state index is 0.0768. The van der Waals surface area contributed by atoms with E-state index in [4.69, 9.17) is 4.98 Å². The molecule has 4 rings (SSSR count). The van der Waals surface area contributed by atoms with Crippen molar-refractivity contribution in [2.45, 2.75) is 6.92 Å². The molecule has 4 nitrogen and oxygen atoms in total. The maximum Gasteiger partial charge on any atom is 0.270 e. The Bertz CT molecular complexity index is 1090. The van der Waals surface area contributed by atoms with Crippen LogP contribution in [-0.2, 0) is 0 Å². The molecular weight excluding hydrogens is 300 g/mol. The summed E-state index contributed by atoms with van der Waals surface area (Å²) in [4.78, 5) is 15.6. The molecule has 0 atom stereocenters. The van der Waals surface area contributed by atoms with Crippen molar-refractivity contribution in [3.63, 3.8) is 0 Å². The molecule has 1 aromatic heterocycles. The van der Waals surface area contributed by atoms with Gasteiger partial charge in [0.25, 0.3) is 5.69 Å². The second-order valence-electron chi connectivity index (χ2n) is 5.83. The van der Waals surface area contributed by atoms with Crippen molar-refractivity contribution in [1.82, 2.24) is 4.98 Å². The lowest BCUT2D eigenvalue weighted by Crippen LogP contribution is -1.93. The monoisotopic (exact) mass is 314 g/mol. The number of pyridine rings is 1. The van der Waals surface area contributed by atoms with E-state index in [-0.39, 0.29) is 10.6 Å². The van der Waals surface area contributed by atoms with Gasteiger partial charge in [0.2, 0.25) is 0 Å². The summed E-state index contributed by atoms with van der Waals surface area (Å²) in [5.41, 5.74) is 3.83. The first-order valence-electron chi connectivity index (χ1n) is 7.67. The molecule has 1 heterocycles. The molecule has 4 aromatic rings. The average Bonchev–Trinajstić information content (AvgIpc) is 2.61. The summed E-state index contributed by atoms with van der Waals surface area (Å²) in [6, 6.07) is 20.9. The van der Waals surface area contributed by atoms with Gasteiger partial charge >= 0.3 is 0 Å². The van der Waals surface area contributed by atoms with Crippen LogP contribution in [-0.4, -0.2) is 9.91 Å². The number of hydrogen-bond acceptors (Lipinski definition) is 3. The molecule has 0 aliphatic rings. The standard InChI is InChI=1S/C20H14N2O2/c1-13-7-9-17-16-10-8-15(22(23)24)12-18(16)20(21-19(17)11-13)14-5-3-2-4-6-14/h2-12H,1H3. The number of hydrogen-bond donors (Lipinski definition) is 0. The van der Waals surface area contributed by atoms with Crippen LogP contribution in [0.5, 0.6) is 0 Å². The molecule has 24 heavy (non-hydrogen) atoms. The van der Waals surface area contributed by atoms with E-state index < -0.39 is 0 Å². The third kappa shape index (κ3) is 2.29. The maximum atomic E-state index is 11.2. The predicted octanol–water partition coefficient (Wildman–Crippen LogP) is 5.27. The Kier molecular flexibility index (Phi) is 3.24. The number of non-ortho nitro benzene ring substituents is 1. The molecule has 0 fully saturated rings. The normalized spacial score (nSPS) is 11.0. The van der Waals surface area contributed by atoms with Gasteiger partial charge in [0.1, 0.15) is 0 Å². The Balaban J connectivity index is 2.17. The van der Waals surface area contributed by atoms with Gasteiger partial charge in [-0.3, -0.25) is 10.1 Å². The fourth-order valence-corrected chi connectivity index (χ4v) is 3.04. The number of nitro groups is 1. The Morgan fingerprint density at radius 1 is 0.875 bits per heavy atom. The SMILES string of the molecule is Cc1ccc2c(c1)nc(-c1ccccc1)c1cc([N+](=O)[O-])ccc12. The molecular formula is C20H14N2O2. The first-order chi connectivity index (χ1) is 11.6. The molecule has 0 saturated carbocycles. The van der Waals surface area contributed by atoms with Gasteiger partial charge in [-0.15, -0.1) is 0 Å². The van der Waals surface area contributed by atoms with E-state index in [0.29, 0.717) is 0 Å². The van der Waals surface area contributed by atoms with Crippen molar-refractivity contribution in [3.8, 4) is 11.3 Å². The summed E-state index contributed by atoms with van der Waals surface area (Å²) < 4.78 is 0. The molecule has 0 aliphatic heterocycles. The number of aryl methyl sites for hydroxylation is 1. The Morgan fingerprint density at radius 2 is 1.62 bits per heavy atom. The van der Waals surface area contributed by atoms with Crippen molar-refractivity contribution in [1.29, 1.82) is 0 Å². The van der Waals surface area contributed by atoms with Gasteiger partial charge in [0, 0.05) is 28.5 Å². The molecule has 4 heteroatoms. The number of fused-ring (bicyclic) bond motifs is 3. The van der Waals surface area contributed by atoms with E-state index in [0.717, 1.165) is 38.5 Å². The lowest BCUT2D eigenvalue weighted by Gasteiger charge is -2.10. The molecule has 116 valence electrons. The maximum absolute atomic E-state index is 11.2. The third-order valence-electron chi connectivity index (χ3n) is 4.19. The van der Waals surface area contributed by atoms with Gasteiger partial charge in [-0.05, 0) is 30.0 Å². The van der Waals surface area contributed by atoms with E-state index in [1.165, 1.54) is 0 Å². The van der Waals surface area contributed by atoms with E-state index in [9.17, 15) is 10.1 Å². The van der Waals surface area contributed by atoms with Crippen LogP contribution in [0, 0.1) is 17.0 Å². The van der Waals surface area contributed by atoms with Crippen molar-refractivity contribution in [2.24, 2.45) is 0 Å². The van der Waals surface area contributed by atoms with Crippen molar-refractivity contribution in [2.75, 3.05) is 0 Å². The summed E-state index contributed by atoms with van der Waals surface area (Å²) in [5.74, 6) is 0. The van der Waals surface area contributed by atoms with Crippen LogP contribution in [0.4, 0.5) is 5.69 Å². The molecule has 0 saturated heterocycles. The van der Waals surface area contributed by atoms with Crippen LogP contribution in [0.25, 0.3) is 32.9 Å². The first-order valence-corrected chi connectivity index (χ1v) is 7.67. The van der Waals surface area contributed by atoms with Crippen LogP contribution >= 0.6 is 0 Å². The highest BCUT2D eigenvalue weighted by Gasteiger charge is 2.14. The fraction of sp³-hybridized carbons (Fsp3) is 0.0500. The molecule has 0 unspecified atom stereocenters. The van der Waals surface area contributed by atoms with Gasteiger partial charge < -0.3 is 0 Å². The molecule has 0 bridgehead atoms. The highest BCUT2D eigenvalue weighted by atomic mass is 16.6. The largest absolute Gasteiger partial charge is 0.270 e. The molecule has 3 aromatic carbocycles. The average molecular weight is 314 g/mol. The number of aromatic nitrogens is 1. The van der Waals surface area contributed by atoms with E-state index >= 15 is 0 Å². The third-order valence-corrected chi connectivity index (χ3v) is 4.19. The zero-order valence-corrected chi connectivity index (χ0v) is 13.1. The number of rotatable bonds is 2. The Hall–Kier alpha value is -3.27. The molecule has 0 aliphatic carbocycles. The summed E-state index contributed by atoms with van der Waals surface area (Å²) in [6.45, 7) is 2.03. The first kappa shape index (κ1) is 14.3. The van der Waals surface area contributed by atoms with Gasteiger partial charge in [0.05, 0.1) is 16.1 Å². The zero-order chi connectivity index (χ0) is 16.7. The lowest BCUT2D eigenvalue weighted by molar-refractivity contribution is -0.384. The van der Waals surface area contributed by atoms with Gasteiger partial charge in [-0.1, -0.05) is 42.5 Å². The summed E-state index contributed by atoms with van der Waals surface area (Å²) >= 11 is 0. The van der Waals surface area contributed by atoms with Crippen molar-refractivity contribution in [3.05, 3.63) is 82.4 Å². The van der Waals surface area contributed by atoms with Crippen LogP contribution < -0.4 is 0 Å². The van der Waals surface area contributed by atoms with E-state index in [1.807, 2.05) is 61.5 Å². The Morgan fingerprint density at radius 3 is 2.38 bits per heavy atom. The van der Waals surface area contributed by atoms with Crippen LogP contribution in [0.3, 0.4) is 0 Å². The number of nitro benzene ring substituents is 1. The topological polar surface area (TPSA) is 56.0 Å². The molecule has 0 spiro atoms. The van der Waals surface area contributed by atoms with Crippen LogP contribution in [0.15, 0.2) is 66.7 Å². The second kappa shape index (κ2) is 5.42. The molecule has 0 amide bonds. The fourth-order valence-electron chi connectivity index (χ4n) is 3.04. The Labute approximate surface area is 138 Å². The predicted molar refractivity (Wildman–Crippen MR) is 96.1 cm³/mol. The minimum atomic E-state index is -0.368. The quantitative estimate of drug-likeness (QED) is 0.288. The van der Waals surface area contributed by atoms with E-state index in [2.05, 4.69) is 0 Å².